The first-order valence-electron chi connectivity index (χ1n) is 6.36. The summed E-state index contributed by atoms with van der Waals surface area (Å²) in [6, 6.07) is 6.78. The second-order valence-electron chi connectivity index (χ2n) is 4.59. The first-order valence-corrected chi connectivity index (χ1v) is 7.65. The van der Waals surface area contributed by atoms with Gasteiger partial charge in [-0.05, 0) is 36.5 Å². The highest BCUT2D eigenvalue weighted by Crippen LogP contribution is 2.26. The Labute approximate surface area is 128 Å². The highest BCUT2D eigenvalue weighted by molar-refractivity contribution is 7.99. The number of thioether (sulfide) groups is 1. The molecule has 3 N–H and O–H groups in total. The number of hydrogen-bond acceptors (Lipinski definition) is 2. The third kappa shape index (κ3) is 7.62. The third-order valence-electron chi connectivity index (χ3n) is 2.48. The van der Waals surface area contributed by atoms with Gasteiger partial charge in [0.25, 0.3) is 5.76 Å². The summed E-state index contributed by atoms with van der Waals surface area (Å²) in [6.07, 6.45) is 1.04. The van der Waals surface area contributed by atoms with E-state index in [2.05, 4.69) is 24.7 Å². The van der Waals surface area contributed by atoms with Crippen molar-refractivity contribution < 1.29 is 13.7 Å². The predicted octanol–water partition coefficient (Wildman–Crippen LogP) is 1.82. The molecule has 0 aliphatic rings. The number of nitrogens with one attached hydrogen (secondary N) is 3. The van der Waals surface area contributed by atoms with Crippen LogP contribution in [0.15, 0.2) is 29.2 Å². The molecule has 0 fully saturated rings. The summed E-state index contributed by atoms with van der Waals surface area (Å²) in [5, 5.41) is 6.69. The molecular weight excluding hydrogens is 300 g/mol. The number of alkyl halides is 2. The fourth-order valence-corrected chi connectivity index (χ4v) is 2.26. The lowest BCUT2D eigenvalue weighted by atomic mass is 10.3. The van der Waals surface area contributed by atoms with Gasteiger partial charge >= 0.3 is 0 Å². The average Bonchev–Trinajstić information content (AvgIpc) is 2.36. The molecule has 0 atom stereocenters. The van der Waals surface area contributed by atoms with E-state index in [1.165, 1.54) is 4.90 Å². The van der Waals surface area contributed by atoms with Crippen LogP contribution in [0.25, 0.3) is 0 Å². The smallest absolute Gasteiger partial charge is 0.288 e. The summed E-state index contributed by atoms with van der Waals surface area (Å²) in [5.74, 6) is -2.39. The molecule has 0 heterocycles. The number of anilines is 1. The second kappa shape index (κ2) is 9.10. The van der Waals surface area contributed by atoms with Gasteiger partial charge in [-0.25, -0.2) is 0 Å². The molecule has 0 aliphatic heterocycles. The average molecular weight is 320 g/mol. The number of quaternary nitrogens is 1. The Morgan fingerprint density at radius 1 is 1.30 bits per heavy atom. The lowest BCUT2D eigenvalue weighted by Crippen LogP contribution is -3.05. The maximum absolute atomic E-state index is 12.2. The fraction of sp³-hybridized carbons (Fsp3) is 0.462. The summed E-state index contributed by atoms with van der Waals surface area (Å²) in [4.78, 5) is 1.94. The predicted molar refractivity (Wildman–Crippen MR) is 84.8 cm³/mol. The number of halogens is 2. The molecule has 7 heteroatoms. The number of benzene rings is 1. The summed E-state index contributed by atoms with van der Waals surface area (Å²) in [7, 11) is 4.21. The standard InChI is InChI=1S/C13H19F2N3S2/c1-18(2)9-3-8-16-13(19)17-10-4-6-11(7-5-10)20-12(14)15/h4-7,12H,3,8-9H2,1-2H3,(H2,16,17,19)/p+1. The molecule has 3 nitrogen and oxygen atoms in total. The number of hydrogen-bond donors (Lipinski definition) is 3. The van der Waals surface area contributed by atoms with Crippen LogP contribution in [-0.2, 0) is 0 Å². The Kier molecular flexibility index (Phi) is 7.79. The molecule has 0 radical (unpaired) electrons. The van der Waals surface area contributed by atoms with E-state index < -0.39 is 5.76 Å². The Morgan fingerprint density at radius 3 is 2.50 bits per heavy atom. The highest BCUT2D eigenvalue weighted by atomic mass is 32.2. The van der Waals surface area contributed by atoms with Crippen LogP contribution in [0, 0.1) is 0 Å². The maximum atomic E-state index is 12.2. The Hall–Kier alpha value is -0.920. The van der Waals surface area contributed by atoms with Gasteiger partial charge in [-0.3, -0.25) is 0 Å². The summed E-state index contributed by atoms with van der Waals surface area (Å²) < 4.78 is 24.4. The molecule has 0 amide bonds. The van der Waals surface area contributed by atoms with Crippen molar-refractivity contribution in [2.75, 3.05) is 32.5 Å². The van der Waals surface area contributed by atoms with Crippen molar-refractivity contribution in [3.63, 3.8) is 0 Å². The van der Waals surface area contributed by atoms with Crippen LogP contribution in [0.1, 0.15) is 6.42 Å². The lowest BCUT2D eigenvalue weighted by Gasteiger charge is -2.12. The highest BCUT2D eigenvalue weighted by Gasteiger charge is 2.05. The van der Waals surface area contributed by atoms with E-state index in [-0.39, 0.29) is 0 Å². The van der Waals surface area contributed by atoms with E-state index in [0.29, 0.717) is 21.8 Å². The summed E-state index contributed by atoms with van der Waals surface area (Å²) >= 11 is 5.70. The monoisotopic (exact) mass is 320 g/mol. The number of thiocarbonyl (C=S) groups is 1. The lowest BCUT2D eigenvalue weighted by molar-refractivity contribution is -0.858. The van der Waals surface area contributed by atoms with Gasteiger partial charge in [0.15, 0.2) is 5.11 Å². The van der Waals surface area contributed by atoms with Crippen molar-refractivity contribution in [1.29, 1.82) is 0 Å². The van der Waals surface area contributed by atoms with Crippen molar-refractivity contribution in [2.24, 2.45) is 0 Å². The third-order valence-corrected chi connectivity index (χ3v) is 3.45. The quantitative estimate of drug-likeness (QED) is 0.406. The zero-order valence-corrected chi connectivity index (χ0v) is 13.2. The van der Waals surface area contributed by atoms with Crippen molar-refractivity contribution in [3.8, 4) is 0 Å². The molecule has 0 saturated carbocycles. The van der Waals surface area contributed by atoms with Crippen LogP contribution < -0.4 is 15.5 Å². The summed E-state index contributed by atoms with van der Waals surface area (Å²) in [6.45, 7) is 1.89. The minimum atomic E-state index is -2.39. The molecule has 20 heavy (non-hydrogen) atoms. The van der Waals surface area contributed by atoms with Crippen LogP contribution in [0.5, 0.6) is 0 Å². The van der Waals surface area contributed by atoms with Crippen molar-refractivity contribution in [2.45, 2.75) is 17.1 Å². The van der Waals surface area contributed by atoms with Gasteiger partial charge < -0.3 is 15.5 Å². The van der Waals surface area contributed by atoms with E-state index in [9.17, 15) is 8.78 Å². The zero-order chi connectivity index (χ0) is 15.0. The van der Waals surface area contributed by atoms with Crippen LogP contribution in [0.3, 0.4) is 0 Å². The summed E-state index contributed by atoms with van der Waals surface area (Å²) in [5.41, 5.74) is 0.791. The van der Waals surface area contributed by atoms with Crippen molar-refractivity contribution in [3.05, 3.63) is 24.3 Å². The van der Waals surface area contributed by atoms with Crippen LogP contribution in [-0.4, -0.2) is 38.1 Å². The van der Waals surface area contributed by atoms with Crippen LogP contribution in [0.2, 0.25) is 0 Å². The molecule has 0 saturated heterocycles. The maximum Gasteiger partial charge on any atom is 0.288 e. The van der Waals surface area contributed by atoms with E-state index in [4.69, 9.17) is 12.2 Å². The molecule has 1 aromatic rings. The Morgan fingerprint density at radius 2 is 1.95 bits per heavy atom. The SMILES string of the molecule is C[NH+](C)CCCNC(=S)Nc1ccc(SC(F)F)cc1. The van der Waals surface area contributed by atoms with Crippen molar-refractivity contribution in [1.82, 2.24) is 5.32 Å². The minimum Gasteiger partial charge on any atom is -0.362 e. The Bertz CT molecular complexity index is 411. The minimum absolute atomic E-state index is 0.534. The molecule has 112 valence electrons. The van der Waals surface area contributed by atoms with Gasteiger partial charge in [-0.15, -0.1) is 0 Å². The largest absolute Gasteiger partial charge is 0.362 e. The van der Waals surface area contributed by atoms with Gasteiger partial charge in [0, 0.05) is 23.5 Å². The van der Waals surface area contributed by atoms with E-state index in [1.54, 1.807) is 24.3 Å². The van der Waals surface area contributed by atoms with E-state index in [0.717, 1.165) is 25.2 Å². The van der Waals surface area contributed by atoms with Gasteiger partial charge in [0.2, 0.25) is 0 Å². The fourth-order valence-electron chi connectivity index (χ4n) is 1.54. The molecule has 0 aromatic heterocycles. The van der Waals surface area contributed by atoms with Gasteiger partial charge in [-0.1, -0.05) is 11.8 Å². The molecule has 0 aliphatic carbocycles. The molecule has 1 aromatic carbocycles. The van der Waals surface area contributed by atoms with Gasteiger partial charge in [0.05, 0.1) is 20.6 Å². The number of rotatable bonds is 7. The van der Waals surface area contributed by atoms with Crippen molar-refractivity contribution >= 4 is 34.8 Å². The molecule has 1 rings (SSSR count). The molecule has 0 bridgehead atoms. The van der Waals surface area contributed by atoms with E-state index >= 15 is 0 Å². The Balaban J connectivity index is 2.31. The molecule has 0 spiro atoms. The second-order valence-corrected chi connectivity index (χ2v) is 6.07. The first-order chi connectivity index (χ1) is 9.47. The van der Waals surface area contributed by atoms with Gasteiger partial charge in [-0.2, -0.15) is 8.78 Å². The normalized spacial score (nSPS) is 10.9. The zero-order valence-electron chi connectivity index (χ0n) is 11.6. The van der Waals surface area contributed by atoms with E-state index in [1.807, 2.05) is 0 Å². The van der Waals surface area contributed by atoms with Crippen LogP contribution >= 0.6 is 24.0 Å². The molecular formula is C13H20F2N3S2+. The molecule has 0 unspecified atom stereocenters. The topological polar surface area (TPSA) is 28.5 Å². The van der Waals surface area contributed by atoms with Crippen LogP contribution in [0.4, 0.5) is 14.5 Å². The van der Waals surface area contributed by atoms with Gasteiger partial charge in [0.1, 0.15) is 0 Å². The first kappa shape index (κ1) is 17.1.